The Balaban J connectivity index is 2.36. The van der Waals surface area contributed by atoms with Crippen LogP contribution in [0.4, 0.5) is 0 Å². The summed E-state index contributed by atoms with van der Waals surface area (Å²) in [6.07, 6.45) is 43.9. The van der Waals surface area contributed by atoms with Gasteiger partial charge in [-0.05, 0) is 64.2 Å². The Morgan fingerprint density at radius 1 is 0.508 bits per heavy atom. The Morgan fingerprint density at radius 2 is 0.951 bits per heavy atom. The van der Waals surface area contributed by atoms with Gasteiger partial charge in [0.15, 0.2) is 12.4 Å². The molecule has 0 aromatic carbocycles. The van der Waals surface area contributed by atoms with Crippen LogP contribution >= 0.6 is 0 Å². The molecule has 0 amide bonds. The van der Waals surface area contributed by atoms with Gasteiger partial charge in [0.1, 0.15) is 31.0 Å². The largest absolute Gasteiger partial charge is 0.462 e. The van der Waals surface area contributed by atoms with Crippen LogP contribution in [0.1, 0.15) is 194 Å². The molecule has 0 aliphatic carbocycles. The van der Waals surface area contributed by atoms with Crippen LogP contribution in [0.15, 0.2) is 60.8 Å². The highest BCUT2D eigenvalue weighted by Crippen LogP contribution is 2.22. The molecule has 4 N–H and O–H groups in total. The van der Waals surface area contributed by atoms with Gasteiger partial charge in [0.2, 0.25) is 0 Å². The maximum absolute atomic E-state index is 12.8. The first-order valence-corrected chi connectivity index (χ1v) is 24.4. The molecule has 0 radical (unpaired) electrons. The van der Waals surface area contributed by atoms with Crippen molar-refractivity contribution in [2.75, 3.05) is 19.8 Å². The second-order valence-electron chi connectivity index (χ2n) is 16.6. The van der Waals surface area contributed by atoms with Gasteiger partial charge in [0.05, 0.1) is 13.2 Å². The molecule has 352 valence electrons. The summed E-state index contributed by atoms with van der Waals surface area (Å²) in [4.78, 5) is 25.3. The molecule has 1 fully saturated rings. The Kier molecular flexibility index (Phi) is 38.3. The lowest BCUT2D eigenvalue weighted by atomic mass is 9.99. The molecule has 1 rings (SSSR count). The lowest BCUT2D eigenvalue weighted by Gasteiger charge is -2.39. The number of rotatable bonds is 40. The minimum atomic E-state index is -1.61. The molecule has 0 bridgehead atoms. The van der Waals surface area contributed by atoms with E-state index in [4.69, 9.17) is 18.9 Å². The smallest absolute Gasteiger partial charge is 0.306 e. The molecule has 0 aromatic heterocycles. The third-order valence-corrected chi connectivity index (χ3v) is 10.9. The average molecular weight is 861 g/mol. The molecule has 1 aliphatic rings. The number of hydrogen-bond acceptors (Lipinski definition) is 10. The highest BCUT2D eigenvalue weighted by molar-refractivity contribution is 5.70. The molecule has 0 spiro atoms. The normalized spacial score (nSPS) is 20.3. The molecule has 1 aliphatic heterocycles. The standard InChI is InChI=1S/C51H88O10/c1-3-5-7-9-11-13-15-17-19-20-21-22-23-24-26-28-30-32-34-36-38-40-47(54)60-44(43-59-51-50(57)49(56)48(55)45(41-52)61-51)42-58-46(53)39-37-35-33-31-29-27-25-18-16-14-12-10-8-6-4-2/h19-20,22-23,26,28,32-35,44-45,48-52,55-57H,3-18,21,24-25,27,29-31,36-43H2,1-2H3/b20-19+,23-22+,28-26+,34-32+,35-33+/t44-,45-,48+,49?,50?,51-/m1/s1. The van der Waals surface area contributed by atoms with Crippen molar-refractivity contribution in [3.8, 4) is 0 Å². The van der Waals surface area contributed by atoms with Crippen LogP contribution in [0.3, 0.4) is 0 Å². The van der Waals surface area contributed by atoms with Crippen LogP contribution in [0.25, 0.3) is 0 Å². The molecule has 0 saturated carbocycles. The first kappa shape index (κ1) is 56.4. The summed E-state index contributed by atoms with van der Waals surface area (Å²) < 4.78 is 22.1. The van der Waals surface area contributed by atoms with Crippen molar-refractivity contribution in [3.63, 3.8) is 0 Å². The average Bonchev–Trinajstić information content (AvgIpc) is 3.26. The van der Waals surface area contributed by atoms with Gasteiger partial charge in [0.25, 0.3) is 0 Å². The molecule has 1 saturated heterocycles. The zero-order valence-corrected chi connectivity index (χ0v) is 38.4. The van der Waals surface area contributed by atoms with Gasteiger partial charge in [-0.25, -0.2) is 0 Å². The van der Waals surface area contributed by atoms with Gasteiger partial charge in [-0.2, -0.15) is 0 Å². The number of unbranched alkanes of at least 4 members (excludes halogenated alkanes) is 19. The topological polar surface area (TPSA) is 152 Å². The number of esters is 2. The minimum Gasteiger partial charge on any atom is -0.462 e. The molecular formula is C51H88O10. The van der Waals surface area contributed by atoms with E-state index in [1.54, 1.807) is 0 Å². The number of aliphatic hydroxyl groups is 4. The molecule has 10 heteroatoms. The summed E-state index contributed by atoms with van der Waals surface area (Å²) in [5, 5.41) is 40.1. The molecule has 61 heavy (non-hydrogen) atoms. The van der Waals surface area contributed by atoms with E-state index in [2.05, 4.69) is 62.5 Å². The van der Waals surface area contributed by atoms with Crippen LogP contribution in [-0.2, 0) is 28.5 Å². The number of allylic oxidation sites excluding steroid dienone is 10. The Morgan fingerprint density at radius 3 is 1.46 bits per heavy atom. The van der Waals surface area contributed by atoms with Crippen LogP contribution in [0, 0.1) is 0 Å². The third kappa shape index (κ3) is 32.7. The van der Waals surface area contributed by atoms with Gasteiger partial charge < -0.3 is 39.4 Å². The van der Waals surface area contributed by atoms with Crippen molar-refractivity contribution in [3.05, 3.63) is 60.8 Å². The van der Waals surface area contributed by atoms with Gasteiger partial charge in [-0.1, -0.05) is 177 Å². The fraction of sp³-hybridized carbons (Fsp3) is 0.765. The second kappa shape index (κ2) is 41.4. The lowest BCUT2D eigenvalue weighted by molar-refractivity contribution is -0.305. The summed E-state index contributed by atoms with van der Waals surface area (Å²) in [6, 6.07) is 0. The SMILES string of the molecule is CCCCCCCCC/C=C/C/C=C/C/C=C/C/C=C/CCCC(=O)O[C@H](COC(=O)CC/C=C/CCCCCCCCCCCCC)CO[C@@H]1O[C@H](CO)[C@H](O)C(O)C1O. The summed E-state index contributed by atoms with van der Waals surface area (Å²) in [5.41, 5.74) is 0. The van der Waals surface area contributed by atoms with Crippen LogP contribution in [-0.4, -0.2) is 89.0 Å². The van der Waals surface area contributed by atoms with Crippen molar-refractivity contribution < 1.29 is 49.0 Å². The van der Waals surface area contributed by atoms with Crippen molar-refractivity contribution in [1.82, 2.24) is 0 Å². The highest BCUT2D eigenvalue weighted by atomic mass is 16.7. The third-order valence-electron chi connectivity index (χ3n) is 10.9. The van der Waals surface area contributed by atoms with Crippen LogP contribution < -0.4 is 0 Å². The fourth-order valence-electron chi connectivity index (χ4n) is 7.02. The predicted molar refractivity (Wildman–Crippen MR) is 247 cm³/mol. The molecule has 1 heterocycles. The van der Waals surface area contributed by atoms with Crippen LogP contribution in [0.5, 0.6) is 0 Å². The zero-order chi connectivity index (χ0) is 44.4. The molecule has 2 unspecified atom stereocenters. The van der Waals surface area contributed by atoms with E-state index in [1.807, 2.05) is 12.2 Å². The summed E-state index contributed by atoms with van der Waals surface area (Å²) in [7, 11) is 0. The Labute approximate surface area is 370 Å². The summed E-state index contributed by atoms with van der Waals surface area (Å²) >= 11 is 0. The van der Waals surface area contributed by atoms with E-state index >= 15 is 0 Å². The van der Waals surface area contributed by atoms with Crippen molar-refractivity contribution >= 4 is 11.9 Å². The van der Waals surface area contributed by atoms with Gasteiger partial charge in [0, 0.05) is 12.8 Å². The highest BCUT2D eigenvalue weighted by Gasteiger charge is 2.44. The van der Waals surface area contributed by atoms with Crippen LogP contribution in [0.2, 0.25) is 0 Å². The first-order valence-electron chi connectivity index (χ1n) is 24.4. The molecular weight excluding hydrogens is 773 g/mol. The quantitative estimate of drug-likeness (QED) is 0.0266. The Bertz CT molecular complexity index is 1180. The predicted octanol–water partition coefficient (Wildman–Crippen LogP) is 11.0. The monoisotopic (exact) mass is 861 g/mol. The Hall–Kier alpha value is -2.60. The molecule has 0 aromatic rings. The van der Waals surface area contributed by atoms with E-state index in [-0.39, 0.29) is 26.1 Å². The lowest BCUT2D eigenvalue weighted by Crippen LogP contribution is -2.59. The van der Waals surface area contributed by atoms with E-state index < -0.39 is 55.4 Å². The van der Waals surface area contributed by atoms with E-state index in [0.29, 0.717) is 19.3 Å². The number of carbonyl (C=O) groups is 2. The van der Waals surface area contributed by atoms with Crippen molar-refractivity contribution in [1.29, 1.82) is 0 Å². The van der Waals surface area contributed by atoms with Gasteiger partial charge >= 0.3 is 11.9 Å². The second-order valence-corrected chi connectivity index (χ2v) is 16.6. The number of carbonyl (C=O) groups excluding carboxylic acids is 2. The first-order chi connectivity index (χ1) is 29.8. The molecule has 10 nitrogen and oxygen atoms in total. The number of aliphatic hydroxyl groups excluding tert-OH is 4. The van der Waals surface area contributed by atoms with Crippen molar-refractivity contribution in [2.45, 2.75) is 230 Å². The van der Waals surface area contributed by atoms with E-state index in [0.717, 1.165) is 32.1 Å². The van der Waals surface area contributed by atoms with Gasteiger partial charge in [-0.3, -0.25) is 9.59 Å². The van der Waals surface area contributed by atoms with E-state index in [9.17, 15) is 30.0 Å². The number of ether oxygens (including phenoxy) is 4. The summed E-state index contributed by atoms with van der Waals surface area (Å²) in [5.74, 6) is -0.929. The van der Waals surface area contributed by atoms with Crippen molar-refractivity contribution in [2.24, 2.45) is 0 Å². The minimum absolute atomic E-state index is 0.146. The van der Waals surface area contributed by atoms with E-state index in [1.165, 1.54) is 116 Å². The maximum atomic E-state index is 12.8. The molecule has 6 atom stereocenters. The maximum Gasteiger partial charge on any atom is 0.306 e. The zero-order valence-electron chi connectivity index (χ0n) is 38.4. The fourth-order valence-corrected chi connectivity index (χ4v) is 7.02. The van der Waals surface area contributed by atoms with Gasteiger partial charge in [-0.15, -0.1) is 0 Å². The summed E-state index contributed by atoms with van der Waals surface area (Å²) in [6.45, 7) is 3.33. The number of hydrogen-bond donors (Lipinski definition) is 4.